The molecule has 1 atom stereocenters. The molecule has 2 heterocycles. The third-order valence-corrected chi connectivity index (χ3v) is 5.35. The molecule has 3 aromatic rings. The summed E-state index contributed by atoms with van der Waals surface area (Å²) in [6, 6.07) is 10.8. The van der Waals surface area contributed by atoms with Gasteiger partial charge < -0.3 is 4.74 Å². The largest absolute Gasteiger partial charge is 0.449 e. The first-order chi connectivity index (χ1) is 13.5. The highest BCUT2D eigenvalue weighted by molar-refractivity contribution is 9.10. The molecule has 0 fully saturated rings. The molecule has 144 valence electrons. The van der Waals surface area contributed by atoms with Gasteiger partial charge >= 0.3 is 5.97 Å². The van der Waals surface area contributed by atoms with Crippen LogP contribution in [0.15, 0.2) is 52.4 Å². The minimum Gasteiger partial charge on any atom is -0.449 e. The number of hydrogen-bond acceptors (Lipinski definition) is 6. The van der Waals surface area contributed by atoms with Crippen LogP contribution in [0.25, 0.3) is 11.3 Å². The zero-order valence-corrected chi connectivity index (χ0v) is 17.8. The van der Waals surface area contributed by atoms with Gasteiger partial charge in [-0.1, -0.05) is 46.6 Å². The van der Waals surface area contributed by atoms with Crippen LogP contribution in [0.2, 0.25) is 5.15 Å². The van der Waals surface area contributed by atoms with E-state index in [0.717, 1.165) is 15.7 Å². The molecule has 1 unspecified atom stereocenters. The zero-order chi connectivity index (χ0) is 20.1. The number of halogens is 2. The Bertz CT molecular complexity index is 994. The maximum atomic E-state index is 12.5. The number of ether oxygens (including phenoxy) is 1. The van der Waals surface area contributed by atoms with E-state index in [1.54, 1.807) is 13.0 Å². The van der Waals surface area contributed by atoms with E-state index in [4.69, 9.17) is 16.3 Å². The van der Waals surface area contributed by atoms with E-state index in [1.165, 1.54) is 23.6 Å². The molecule has 28 heavy (non-hydrogen) atoms. The molecule has 0 aliphatic rings. The van der Waals surface area contributed by atoms with Gasteiger partial charge in [0.1, 0.15) is 5.15 Å². The first kappa shape index (κ1) is 20.4. The molecule has 1 aromatic carbocycles. The van der Waals surface area contributed by atoms with Crippen molar-refractivity contribution < 1.29 is 14.3 Å². The Morgan fingerprint density at radius 3 is 2.71 bits per heavy atom. The number of rotatable bonds is 6. The molecule has 1 N–H and O–H groups in total. The monoisotopic (exact) mass is 479 g/mol. The van der Waals surface area contributed by atoms with Crippen molar-refractivity contribution in [1.82, 2.24) is 9.97 Å². The SMILES string of the molecule is CCC(OC(=O)c1cccnc1Cl)C(=O)Nc1nc(-c2ccc(Br)cc2)cs1. The van der Waals surface area contributed by atoms with Gasteiger partial charge in [0.2, 0.25) is 0 Å². The second kappa shape index (κ2) is 9.27. The van der Waals surface area contributed by atoms with Gasteiger partial charge in [-0.15, -0.1) is 11.3 Å². The zero-order valence-electron chi connectivity index (χ0n) is 14.7. The molecular formula is C19H15BrClN3O3S. The van der Waals surface area contributed by atoms with Crippen LogP contribution < -0.4 is 5.32 Å². The van der Waals surface area contributed by atoms with Crippen molar-refractivity contribution in [1.29, 1.82) is 0 Å². The molecule has 0 aliphatic carbocycles. The third-order valence-electron chi connectivity index (χ3n) is 3.77. The van der Waals surface area contributed by atoms with Crippen LogP contribution in [-0.2, 0) is 9.53 Å². The van der Waals surface area contributed by atoms with E-state index in [9.17, 15) is 9.59 Å². The Morgan fingerprint density at radius 2 is 2.04 bits per heavy atom. The number of anilines is 1. The van der Waals surface area contributed by atoms with Gasteiger partial charge in [0.05, 0.1) is 11.3 Å². The van der Waals surface area contributed by atoms with E-state index < -0.39 is 18.0 Å². The molecule has 0 saturated heterocycles. The number of esters is 1. The second-order valence-corrected chi connectivity index (χ2v) is 7.81. The lowest BCUT2D eigenvalue weighted by atomic mass is 10.2. The number of hydrogen-bond donors (Lipinski definition) is 1. The molecule has 0 aliphatic heterocycles. The average molecular weight is 481 g/mol. The Labute approximate surface area is 179 Å². The number of benzene rings is 1. The number of aromatic nitrogens is 2. The van der Waals surface area contributed by atoms with Gasteiger partial charge in [-0.25, -0.2) is 14.8 Å². The highest BCUT2D eigenvalue weighted by Crippen LogP contribution is 2.26. The van der Waals surface area contributed by atoms with Crippen molar-refractivity contribution in [2.45, 2.75) is 19.4 Å². The normalized spacial score (nSPS) is 11.7. The standard InChI is InChI=1S/C19H15BrClN3O3S/c1-2-15(27-18(26)13-4-3-9-22-16(13)21)17(25)24-19-23-14(10-28-19)11-5-7-12(20)8-6-11/h3-10,15H,2H2,1H3,(H,23,24,25). The molecule has 6 nitrogen and oxygen atoms in total. The number of nitrogens with one attached hydrogen (secondary N) is 1. The summed E-state index contributed by atoms with van der Waals surface area (Å²) in [5.41, 5.74) is 1.80. The average Bonchev–Trinajstić information content (AvgIpc) is 3.15. The number of thiazole rings is 1. The Hall–Kier alpha value is -2.29. The highest BCUT2D eigenvalue weighted by Gasteiger charge is 2.24. The molecule has 2 aromatic heterocycles. The van der Waals surface area contributed by atoms with Crippen molar-refractivity contribution in [3.05, 3.63) is 63.2 Å². The summed E-state index contributed by atoms with van der Waals surface area (Å²) in [6.45, 7) is 1.75. The predicted molar refractivity (Wildman–Crippen MR) is 113 cm³/mol. The van der Waals surface area contributed by atoms with Crippen molar-refractivity contribution in [3.63, 3.8) is 0 Å². The topological polar surface area (TPSA) is 81.2 Å². The molecule has 0 saturated carbocycles. The van der Waals surface area contributed by atoms with Crippen LogP contribution in [0.4, 0.5) is 5.13 Å². The number of pyridine rings is 1. The van der Waals surface area contributed by atoms with Crippen LogP contribution in [-0.4, -0.2) is 27.9 Å². The molecule has 3 rings (SSSR count). The van der Waals surface area contributed by atoms with Crippen LogP contribution in [0.5, 0.6) is 0 Å². The van der Waals surface area contributed by atoms with Gasteiger partial charge in [0.25, 0.3) is 5.91 Å². The van der Waals surface area contributed by atoms with Gasteiger partial charge in [-0.3, -0.25) is 10.1 Å². The van der Waals surface area contributed by atoms with Crippen molar-refractivity contribution in [2.75, 3.05) is 5.32 Å². The van der Waals surface area contributed by atoms with E-state index in [0.29, 0.717) is 11.6 Å². The van der Waals surface area contributed by atoms with Crippen molar-refractivity contribution in [2.24, 2.45) is 0 Å². The molecule has 0 radical (unpaired) electrons. The predicted octanol–water partition coefficient (Wildman–Crippen LogP) is 5.20. The van der Waals surface area contributed by atoms with E-state index >= 15 is 0 Å². The smallest absolute Gasteiger partial charge is 0.342 e. The number of amides is 1. The van der Waals surface area contributed by atoms with E-state index in [2.05, 4.69) is 31.2 Å². The lowest BCUT2D eigenvalue weighted by Crippen LogP contribution is -2.32. The number of carbonyl (C=O) groups is 2. The summed E-state index contributed by atoms with van der Waals surface area (Å²) in [5.74, 6) is -1.15. The Balaban J connectivity index is 1.66. The first-order valence-corrected chi connectivity index (χ1v) is 10.4. The van der Waals surface area contributed by atoms with E-state index in [1.807, 2.05) is 29.6 Å². The third kappa shape index (κ3) is 4.95. The van der Waals surface area contributed by atoms with E-state index in [-0.39, 0.29) is 10.7 Å². The van der Waals surface area contributed by atoms with Crippen LogP contribution in [0, 0.1) is 0 Å². The molecule has 1 amide bonds. The second-order valence-electron chi connectivity index (χ2n) is 5.68. The van der Waals surface area contributed by atoms with Crippen LogP contribution >= 0.6 is 38.9 Å². The fourth-order valence-electron chi connectivity index (χ4n) is 2.32. The lowest BCUT2D eigenvalue weighted by molar-refractivity contribution is -0.124. The minimum atomic E-state index is -0.969. The fraction of sp³-hybridized carbons (Fsp3) is 0.158. The van der Waals surface area contributed by atoms with Gasteiger partial charge in [0.15, 0.2) is 11.2 Å². The summed E-state index contributed by atoms with van der Waals surface area (Å²) < 4.78 is 6.27. The molecule has 0 spiro atoms. The Kier molecular flexibility index (Phi) is 6.77. The van der Waals surface area contributed by atoms with Crippen molar-refractivity contribution in [3.8, 4) is 11.3 Å². The summed E-state index contributed by atoms with van der Waals surface area (Å²) in [5, 5.41) is 5.00. The maximum absolute atomic E-state index is 12.5. The first-order valence-electron chi connectivity index (χ1n) is 8.31. The summed E-state index contributed by atoms with van der Waals surface area (Å²) in [6.07, 6.45) is 0.804. The molecule has 9 heteroatoms. The molecule has 0 bridgehead atoms. The lowest BCUT2D eigenvalue weighted by Gasteiger charge is -2.15. The highest BCUT2D eigenvalue weighted by atomic mass is 79.9. The van der Waals surface area contributed by atoms with Gasteiger partial charge in [0, 0.05) is 21.6 Å². The minimum absolute atomic E-state index is 0.0295. The Morgan fingerprint density at radius 1 is 1.29 bits per heavy atom. The summed E-state index contributed by atoms with van der Waals surface area (Å²) >= 11 is 10.6. The van der Waals surface area contributed by atoms with Gasteiger partial charge in [-0.05, 0) is 30.7 Å². The van der Waals surface area contributed by atoms with Crippen molar-refractivity contribution >= 4 is 55.9 Å². The maximum Gasteiger partial charge on any atom is 0.342 e. The molecular weight excluding hydrogens is 466 g/mol. The quantitative estimate of drug-likeness (QED) is 0.388. The van der Waals surface area contributed by atoms with Crippen LogP contribution in [0.3, 0.4) is 0 Å². The number of carbonyl (C=O) groups excluding carboxylic acids is 2. The summed E-state index contributed by atoms with van der Waals surface area (Å²) in [7, 11) is 0. The van der Waals surface area contributed by atoms with Gasteiger partial charge in [-0.2, -0.15) is 0 Å². The fourth-order valence-corrected chi connectivity index (χ4v) is 3.51. The summed E-state index contributed by atoms with van der Waals surface area (Å²) in [4.78, 5) is 33.0. The number of nitrogens with zero attached hydrogens (tertiary/aromatic N) is 2. The van der Waals surface area contributed by atoms with Crippen LogP contribution in [0.1, 0.15) is 23.7 Å².